The van der Waals surface area contributed by atoms with E-state index < -0.39 is 0 Å². The Morgan fingerprint density at radius 1 is 1.44 bits per heavy atom. The number of amides is 1. The number of thioether (sulfide) groups is 1. The maximum atomic E-state index is 12.0. The molecule has 1 N–H and O–H groups in total. The molecule has 1 unspecified atom stereocenters. The highest BCUT2D eigenvalue weighted by atomic mass is 35.5. The molecule has 1 aromatic carbocycles. The number of ether oxygens (including phenoxy) is 1. The first-order chi connectivity index (χ1) is 8.83. The van der Waals surface area contributed by atoms with Crippen molar-refractivity contribution in [3.8, 4) is 0 Å². The number of hydrogen-bond acceptors (Lipinski definition) is 3. The van der Waals surface area contributed by atoms with Gasteiger partial charge < -0.3 is 10.1 Å². The van der Waals surface area contributed by atoms with E-state index in [1.807, 2.05) is 18.2 Å². The summed E-state index contributed by atoms with van der Waals surface area (Å²) in [6, 6.07) is 8.08. The van der Waals surface area contributed by atoms with Crippen LogP contribution in [0.25, 0.3) is 0 Å². The van der Waals surface area contributed by atoms with Crippen molar-refractivity contribution in [1.29, 1.82) is 0 Å². The highest BCUT2D eigenvalue weighted by Gasteiger charge is 2.28. The second-order valence-corrected chi connectivity index (χ2v) is 5.43. The average Bonchev–Trinajstić information content (AvgIpc) is 2.82. The molecule has 1 aromatic rings. The topological polar surface area (TPSA) is 38.3 Å². The Hall–Kier alpha value is -0.710. The first kappa shape index (κ1) is 13.7. The summed E-state index contributed by atoms with van der Waals surface area (Å²) < 4.78 is 5.21. The van der Waals surface area contributed by atoms with E-state index in [1.165, 1.54) is 4.90 Å². The number of carbonyl (C=O) groups is 1. The number of carbonyl (C=O) groups excluding carboxylic acids is 1. The summed E-state index contributed by atoms with van der Waals surface area (Å²) in [5.74, 6) is 1.37. The number of benzene rings is 1. The van der Waals surface area contributed by atoms with Crippen molar-refractivity contribution in [2.75, 3.05) is 31.4 Å². The minimum atomic E-state index is -0.0285. The second-order valence-electron chi connectivity index (χ2n) is 3.99. The molecule has 0 fully saturated rings. The van der Waals surface area contributed by atoms with Crippen molar-refractivity contribution < 1.29 is 9.53 Å². The minimum absolute atomic E-state index is 0.0285. The van der Waals surface area contributed by atoms with Crippen LogP contribution < -0.4 is 5.32 Å². The van der Waals surface area contributed by atoms with Gasteiger partial charge in [0.2, 0.25) is 5.91 Å². The summed E-state index contributed by atoms with van der Waals surface area (Å²) in [6.07, 6.45) is 0. The van der Waals surface area contributed by atoms with E-state index in [2.05, 4.69) is 11.4 Å². The molecule has 0 aromatic heterocycles. The van der Waals surface area contributed by atoms with E-state index in [0.717, 1.165) is 11.3 Å². The van der Waals surface area contributed by atoms with E-state index in [1.54, 1.807) is 11.8 Å². The van der Waals surface area contributed by atoms with Crippen LogP contribution in [-0.4, -0.2) is 37.3 Å². The van der Waals surface area contributed by atoms with Crippen LogP contribution in [0.3, 0.4) is 0 Å². The molecule has 3 nitrogen and oxygen atoms in total. The molecule has 1 amide bonds. The monoisotopic (exact) mass is 285 g/mol. The van der Waals surface area contributed by atoms with Crippen molar-refractivity contribution in [3.63, 3.8) is 0 Å². The lowest BCUT2D eigenvalue weighted by molar-refractivity contribution is -0.122. The van der Waals surface area contributed by atoms with Crippen molar-refractivity contribution in [3.05, 3.63) is 29.8 Å². The molecular weight excluding hydrogens is 270 g/mol. The fourth-order valence-corrected chi connectivity index (χ4v) is 3.24. The van der Waals surface area contributed by atoms with E-state index >= 15 is 0 Å². The van der Waals surface area contributed by atoms with Crippen molar-refractivity contribution in [2.45, 2.75) is 10.8 Å². The van der Waals surface area contributed by atoms with Gasteiger partial charge in [-0.05, 0) is 11.6 Å². The van der Waals surface area contributed by atoms with Crippen LogP contribution in [0.15, 0.2) is 29.2 Å². The van der Waals surface area contributed by atoms with E-state index in [4.69, 9.17) is 16.3 Å². The van der Waals surface area contributed by atoms with Gasteiger partial charge in [0.25, 0.3) is 0 Å². The SMILES string of the molecule is O=C(NCCOCCCl)C1CSc2ccccc21. The number of fused-ring (bicyclic) bond motifs is 1. The van der Waals surface area contributed by atoms with Crippen molar-refractivity contribution in [2.24, 2.45) is 0 Å². The molecule has 0 bridgehead atoms. The van der Waals surface area contributed by atoms with Gasteiger partial charge in [-0.15, -0.1) is 23.4 Å². The quantitative estimate of drug-likeness (QED) is 0.643. The molecule has 1 aliphatic rings. The number of alkyl halides is 1. The third-order valence-electron chi connectivity index (χ3n) is 2.78. The Balaban J connectivity index is 1.80. The molecule has 98 valence electrons. The van der Waals surface area contributed by atoms with Gasteiger partial charge in [-0.3, -0.25) is 4.79 Å². The first-order valence-corrected chi connectivity index (χ1v) is 7.48. The Kier molecular flexibility index (Phi) is 5.35. The normalized spacial score (nSPS) is 17.5. The first-order valence-electron chi connectivity index (χ1n) is 5.96. The van der Waals surface area contributed by atoms with Crippen LogP contribution in [-0.2, 0) is 9.53 Å². The summed E-state index contributed by atoms with van der Waals surface area (Å²) in [7, 11) is 0. The molecule has 2 rings (SSSR count). The van der Waals surface area contributed by atoms with Crippen molar-refractivity contribution >= 4 is 29.3 Å². The second kappa shape index (κ2) is 7.02. The summed E-state index contributed by atoms with van der Waals surface area (Å²) >= 11 is 7.23. The third-order valence-corrected chi connectivity index (χ3v) is 4.12. The predicted molar refractivity (Wildman–Crippen MR) is 74.5 cm³/mol. The van der Waals surface area contributed by atoms with Gasteiger partial charge in [-0.2, -0.15) is 0 Å². The molecule has 0 radical (unpaired) electrons. The zero-order valence-electron chi connectivity index (χ0n) is 10.0. The smallest absolute Gasteiger partial charge is 0.228 e. The zero-order chi connectivity index (χ0) is 12.8. The molecule has 0 spiro atoms. The van der Waals surface area contributed by atoms with Crippen LogP contribution in [0.2, 0.25) is 0 Å². The fourth-order valence-electron chi connectivity index (χ4n) is 1.91. The number of nitrogens with one attached hydrogen (secondary N) is 1. The number of halogens is 1. The van der Waals surface area contributed by atoms with Crippen LogP contribution in [0.4, 0.5) is 0 Å². The zero-order valence-corrected chi connectivity index (χ0v) is 11.6. The van der Waals surface area contributed by atoms with Gasteiger partial charge in [0.15, 0.2) is 0 Å². The fraction of sp³-hybridized carbons (Fsp3) is 0.462. The molecule has 0 saturated heterocycles. The van der Waals surface area contributed by atoms with Gasteiger partial charge in [-0.1, -0.05) is 18.2 Å². The third kappa shape index (κ3) is 3.40. The molecular formula is C13H16ClNO2S. The van der Waals surface area contributed by atoms with Crippen molar-refractivity contribution in [1.82, 2.24) is 5.32 Å². The van der Waals surface area contributed by atoms with E-state index in [0.29, 0.717) is 25.6 Å². The Morgan fingerprint density at radius 2 is 2.28 bits per heavy atom. The lowest BCUT2D eigenvalue weighted by Gasteiger charge is -2.11. The molecule has 1 atom stereocenters. The Labute approximate surface area is 116 Å². The molecule has 0 aliphatic carbocycles. The minimum Gasteiger partial charge on any atom is -0.378 e. The summed E-state index contributed by atoms with van der Waals surface area (Å²) in [4.78, 5) is 13.3. The number of rotatable bonds is 6. The van der Waals surface area contributed by atoms with Crippen LogP contribution in [0, 0.1) is 0 Å². The Morgan fingerprint density at radius 3 is 3.11 bits per heavy atom. The van der Waals surface area contributed by atoms with Gasteiger partial charge >= 0.3 is 0 Å². The summed E-state index contributed by atoms with van der Waals surface area (Å²) in [5, 5.41) is 2.90. The molecule has 1 heterocycles. The van der Waals surface area contributed by atoms with Gasteiger partial charge in [0.05, 0.1) is 19.1 Å². The predicted octanol–water partition coefficient (Wildman–Crippen LogP) is 2.25. The molecule has 1 aliphatic heterocycles. The maximum Gasteiger partial charge on any atom is 0.228 e. The van der Waals surface area contributed by atoms with Gasteiger partial charge in [0.1, 0.15) is 0 Å². The standard InChI is InChI=1S/C13H16ClNO2S/c14-5-7-17-8-6-15-13(16)11-9-18-12-4-2-1-3-10(11)12/h1-4,11H,5-9H2,(H,15,16). The van der Waals surface area contributed by atoms with E-state index in [-0.39, 0.29) is 11.8 Å². The van der Waals surface area contributed by atoms with Gasteiger partial charge in [0, 0.05) is 23.1 Å². The average molecular weight is 286 g/mol. The largest absolute Gasteiger partial charge is 0.378 e. The van der Waals surface area contributed by atoms with Gasteiger partial charge in [-0.25, -0.2) is 0 Å². The highest BCUT2D eigenvalue weighted by Crippen LogP contribution is 2.39. The lowest BCUT2D eigenvalue weighted by atomic mass is 10.0. The van der Waals surface area contributed by atoms with Crippen LogP contribution >= 0.6 is 23.4 Å². The highest BCUT2D eigenvalue weighted by molar-refractivity contribution is 7.99. The molecule has 18 heavy (non-hydrogen) atoms. The van der Waals surface area contributed by atoms with E-state index in [9.17, 15) is 4.79 Å². The summed E-state index contributed by atoms with van der Waals surface area (Å²) in [5.41, 5.74) is 1.14. The summed E-state index contributed by atoms with van der Waals surface area (Å²) in [6.45, 7) is 1.58. The lowest BCUT2D eigenvalue weighted by Crippen LogP contribution is -2.32. The van der Waals surface area contributed by atoms with Crippen LogP contribution in [0.1, 0.15) is 11.5 Å². The Bertz CT molecular complexity index is 414. The van der Waals surface area contributed by atoms with Crippen LogP contribution in [0.5, 0.6) is 0 Å². The number of hydrogen-bond donors (Lipinski definition) is 1. The molecule has 0 saturated carbocycles. The molecule has 5 heteroatoms. The maximum absolute atomic E-state index is 12.0.